The second kappa shape index (κ2) is 6.08. The molecule has 0 spiro atoms. The van der Waals surface area contributed by atoms with Crippen LogP contribution in [0.4, 0.5) is 4.79 Å². The molecule has 3 nitrogen and oxygen atoms in total. The van der Waals surface area contributed by atoms with E-state index in [0.717, 1.165) is 15.6 Å². The van der Waals surface area contributed by atoms with Crippen molar-refractivity contribution in [2.24, 2.45) is 0 Å². The Kier molecular flexibility index (Phi) is 4.17. The van der Waals surface area contributed by atoms with Gasteiger partial charge in [-0.15, -0.1) is 0 Å². The topological polar surface area (TPSA) is 29.5 Å². The van der Waals surface area contributed by atoms with Crippen LogP contribution < -0.4 is 0 Å². The number of amides is 1. The zero-order chi connectivity index (χ0) is 14.8. The van der Waals surface area contributed by atoms with Gasteiger partial charge in [-0.2, -0.15) is 0 Å². The molecular formula is C16H13BrClNO2. The van der Waals surface area contributed by atoms with E-state index in [4.69, 9.17) is 16.3 Å². The van der Waals surface area contributed by atoms with E-state index in [2.05, 4.69) is 15.9 Å². The van der Waals surface area contributed by atoms with Crippen LogP contribution in [0.25, 0.3) is 0 Å². The second-order valence-electron chi connectivity index (χ2n) is 4.93. The van der Waals surface area contributed by atoms with E-state index in [9.17, 15) is 4.79 Å². The summed E-state index contributed by atoms with van der Waals surface area (Å²) in [4.78, 5) is 13.7. The predicted molar refractivity (Wildman–Crippen MR) is 85.2 cm³/mol. The second-order valence-corrected chi connectivity index (χ2v) is 6.28. The lowest BCUT2D eigenvalue weighted by Gasteiger charge is -2.13. The zero-order valence-corrected chi connectivity index (χ0v) is 13.5. The van der Waals surface area contributed by atoms with Gasteiger partial charge in [0.25, 0.3) is 0 Å². The van der Waals surface area contributed by atoms with Crippen LogP contribution in [0.2, 0.25) is 5.02 Å². The molecule has 108 valence electrons. The highest BCUT2D eigenvalue weighted by molar-refractivity contribution is 9.10. The summed E-state index contributed by atoms with van der Waals surface area (Å²) in [6.07, 6.45) is -0.490. The first-order chi connectivity index (χ1) is 10.1. The van der Waals surface area contributed by atoms with Crippen molar-refractivity contribution in [2.45, 2.75) is 12.6 Å². The fourth-order valence-electron chi connectivity index (χ4n) is 2.30. The number of carbonyl (C=O) groups excluding carboxylic acids is 1. The summed E-state index contributed by atoms with van der Waals surface area (Å²) in [6.45, 7) is 1.09. The lowest BCUT2D eigenvalue weighted by molar-refractivity contribution is 0.132. The van der Waals surface area contributed by atoms with Crippen LogP contribution in [-0.4, -0.2) is 17.5 Å². The first-order valence-corrected chi connectivity index (χ1v) is 7.74. The number of ether oxygens (including phenoxy) is 1. The van der Waals surface area contributed by atoms with Crippen molar-refractivity contribution in [1.82, 2.24) is 4.90 Å². The number of rotatable bonds is 3. The molecule has 1 aliphatic heterocycles. The molecule has 0 aliphatic carbocycles. The largest absolute Gasteiger partial charge is 0.439 e. The molecule has 1 heterocycles. The van der Waals surface area contributed by atoms with Gasteiger partial charge in [0.1, 0.15) is 6.10 Å². The van der Waals surface area contributed by atoms with Crippen molar-refractivity contribution >= 4 is 33.6 Å². The molecule has 0 saturated carbocycles. The lowest BCUT2D eigenvalue weighted by atomic mass is 10.1. The van der Waals surface area contributed by atoms with Gasteiger partial charge in [0.05, 0.1) is 6.54 Å². The summed E-state index contributed by atoms with van der Waals surface area (Å²) in [5.41, 5.74) is 2.04. The third kappa shape index (κ3) is 3.39. The van der Waals surface area contributed by atoms with Crippen molar-refractivity contribution < 1.29 is 9.53 Å². The Morgan fingerprint density at radius 3 is 2.48 bits per heavy atom. The van der Waals surface area contributed by atoms with Gasteiger partial charge in [0.15, 0.2) is 0 Å². The number of halogens is 2. The lowest BCUT2D eigenvalue weighted by Crippen LogP contribution is -2.23. The first-order valence-electron chi connectivity index (χ1n) is 6.57. The molecule has 0 radical (unpaired) electrons. The molecule has 2 aromatic rings. The van der Waals surface area contributed by atoms with Crippen molar-refractivity contribution in [3.63, 3.8) is 0 Å². The molecule has 3 rings (SSSR count). The molecule has 1 atom stereocenters. The number of carbonyl (C=O) groups is 1. The van der Waals surface area contributed by atoms with Crippen LogP contribution in [0.3, 0.4) is 0 Å². The van der Waals surface area contributed by atoms with Gasteiger partial charge in [-0.05, 0) is 35.4 Å². The summed E-state index contributed by atoms with van der Waals surface area (Å²) >= 11 is 9.26. The van der Waals surface area contributed by atoms with Crippen LogP contribution in [0.5, 0.6) is 0 Å². The van der Waals surface area contributed by atoms with Crippen LogP contribution in [0.15, 0.2) is 53.0 Å². The number of benzene rings is 2. The van der Waals surface area contributed by atoms with Gasteiger partial charge >= 0.3 is 6.09 Å². The number of hydrogen-bond acceptors (Lipinski definition) is 2. The average molecular weight is 367 g/mol. The average Bonchev–Trinajstić information content (AvgIpc) is 2.83. The normalized spacial score (nSPS) is 17.9. The van der Waals surface area contributed by atoms with Gasteiger partial charge < -0.3 is 4.74 Å². The summed E-state index contributed by atoms with van der Waals surface area (Å²) in [7, 11) is 0. The van der Waals surface area contributed by atoms with Crippen molar-refractivity contribution in [3.05, 3.63) is 69.2 Å². The summed E-state index contributed by atoms with van der Waals surface area (Å²) in [6, 6.07) is 15.3. The third-order valence-corrected chi connectivity index (χ3v) is 4.20. The number of nitrogens with zero attached hydrogens (tertiary/aromatic N) is 1. The van der Waals surface area contributed by atoms with E-state index < -0.39 is 0 Å². The van der Waals surface area contributed by atoms with Gasteiger partial charge in [0.2, 0.25) is 0 Å². The third-order valence-electron chi connectivity index (χ3n) is 3.42. The maximum atomic E-state index is 12.0. The molecule has 21 heavy (non-hydrogen) atoms. The minimum atomic E-state index is -0.280. The number of hydrogen-bond donors (Lipinski definition) is 0. The van der Waals surface area contributed by atoms with Crippen LogP contribution >= 0.6 is 27.5 Å². The molecular weight excluding hydrogens is 354 g/mol. The molecule has 1 aliphatic rings. The Bertz CT molecular complexity index is 642. The maximum absolute atomic E-state index is 12.0. The van der Waals surface area contributed by atoms with E-state index in [0.29, 0.717) is 18.1 Å². The smallest absolute Gasteiger partial charge is 0.410 e. The predicted octanol–water partition coefficient (Wildman–Crippen LogP) is 4.80. The number of cyclic esters (lactones) is 1. The molecule has 0 aromatic heterocycles. The van der Waals surface area contributed by atoms with E-state index in [1.807, 2.05) is 48.5 Å². The van der Waals surface area contributed by atoms with Crippen LogP contribution in [0, 0.1) is 0 Å². The monoisotopic (exact) mass is 365 g/mol. The van der Waals surface area contributed by atoms with E-state index >= 15 is 0 Å². The Morgan fingerprint density at radius 2 is 1.81 bits per heavy atom. The highest BCUT2D eigenvalue weighted by Crippen LogP contribution is 2.28. The van der Waals surface area contributed by atoms with Crippen LogP contribution in [-0.2, 0) is 11.3 Å². The summed E-state index contributed by atoms with van der Waals surface area (Å²) < 4.78 is 6.45. The van der Waals surface area contributed by atoms with Gasteiger partial charge in [-0.1, -0.05) is 51.8 Å². The molecule has 0 bridgehead atoms. The SMILES string of the molecule is O=C1OC(c2ccc(Br)cc2)CN1Cc1ccc(Cl)cc1. The Morgan fingerprint density at radius 1 is 1.14 bits per heavy atom. The summed E-state index contributed by atoms with van der Waals surface area (Å²) in [5, 5.41) is 0.690. The molecule has 1 fully saturated rings. The summed E-state index contributed by atoms with van der Waals surface area (Å²) in [5.74, 6) is 0. The van der Waals surface area contributed by atoms with E-state index in [-0.39, 0.29) is 12.2 Å². The minimum absolute atomic E-state index is 0.210. The first kappa shape index (κ1) is 14.4. The Hall–Kier alpha value is -1.52. The van der Waals surface area contributed by atoms with Crippen molar-refractivity contribution in [3.8, 4) is 0 Å². The van der Waals surface area contributed by atoms with Gasteiger partial charge in [-0.25, -0.2) is 4.79 Å². The van der Waals surface area contributed by atoms with E-state index in [1.165, 1.54) is 0 Å². The molecule has 5 heteroatoms. The minimum Gasteiger partial charge on any atom is -0.439 e. The standard InChI is InChI=1S/C16H13BrClNO2/c17-13-5-3-12(4-6-13)15-10-19(16(20)21-15)9-11-1-7-14(18)8-2-11/h1-8,15H,9-10H2. The Balaban J connectivity index is 1.69. The van der Waals surface area contributed by atoms with Gasteiger partial charge in [0, 0.05) is 16.0 Å². The fourth-order valence-corrected chi connectivity index (χ4v) is 2.69. The maximum Gasteiger partial charge on any atom is 0.410 e. The molecule has 2 aromatic carbocycles. The van der Waals surface area contributed by atoms with E-state index in [1.54, 1.807) is 4.90 Å². The van der Waals surface area contributed by atoms with Crippen molar-refractivity contribution in [2.75, 3.05) is 6.54 Å². The molecule has 1 saturated heterocycles. The molecule has 1 amide bonds. The fraction of sp³-hybridized carbons (Fsp3) is 0.188. The zero-order valence-electron chi connectivity index (χ0n) is 11.1. The highest BCUT2D eigenvalue weighted by Gasteiger charge is 2.32. The highest BCUT2D eigenvalue weighted by atomic mass is 79.9. The molecule has 1 unspecified atom stereocenters. The van der Waals surface area contributed by atoms with Crippen LogP contribution in [0.1, 0.15) is 17.2 Å². The van der Waals surface area contributed by atoms with Gasteiger partial charge in [-0.3, -0.25) is 4.90 Å². The quantitative estimate of drug-likeness (QED) is 0.781. The van der Waals surface area contributed by atoms with Crippen molar-refractivity contribution in [1.29, 1.82) is 0 Å². The Labute approximate surface area is 136 Å². The molecule has 0 N–H and O–H groups in total.